The molecule has 1 aromatic carbocycles. The van der Waals surface area contributed by atoms with Crippen molar-refractivity contribution in [2.45, 2.75) is 52.3 Å². The summed E-state index contributed by atoms with van der Waals surface area (Å²) in [5.74, 6) is 2.61. The molecule has 0 aliphatic rings. The molecule has 0 saturated heterocycles. The second-order valence-corrected chi connectivity index (χ2v) is 7.87. The Labute approximate surface area is 129 Å². The highest BCUT2D eigenvalue weighted by atomic mass is 32.2. The van der Waals surface area contributed by atoms with E-state index in [1.807, 2.05) is 0 Å². The van der Waals surface area contributed by atoms with Gasteiger partial charge in [-0.2, -0.15) is 11.8 Å². The van der Waals surface area contributed by atoms with E-state index in [0.717, 1.165) is 17.6 Å². The largest absolute Gasteiger partial charge is 0.312 e. The SMILES string of the molecule is CNC(CSC(C)C(C)C)c1ccc(CC(C)C)cc1. The Kier molecular flexibility index (Phi) is 7.68. The normalized spacial score (nSPS) is 14.8. The van der Waals surface area contributed by atoms with Gasteiger partial charge in [-0.25, -0.2) is 0 Å². The molecule has 1 nitrogen and oxygen atoms in total. The van der Waals surface area contributed by atoms with Gasteiger partial charge < -0.3 is 5.32 Å². The maximum absolute atomic E-state index is 3.45. The zero-order valence-corrected chi connectivity index (χ0v) is 14.8. The molecule has 0 aromatic heterocycles. The van der Waals surface area contributed by atoms with Gasteiger partial charge in [-0.05, 0) is 36.4 Å². The van der Waals surface area contributed by atoms with Crippen molar-refractivity contribution in [1.29, 1.82) is 0 Å². The molecule has 2 heteroatoms. The van der Waals surface area contributed by atoms with Gasteiger partial charge in [0.05, 0.1) is 0 Å². The maximum atomic E-state index is 3.45. The minimum absolute atomic E-state index is 0.453. The molecule has 0 bridgehead atoms. The van der Waals surface area contributed by atoms with Gasteiger partial charge >= 0.3 is 0 Å². The highest BCUT2D eigenvalue weighted by Gasteiger charge is 2.13. The van der Waals surface area contributed by atoms with Crippen LogP contribution in [0.2, 0.25) is 0 Å². The first-order valence-electron chi connectivity index (χ1n) is 7.81. The van der Waals surface area contributed by atoms with Gasteiger partial charge in [0.2, 0.25) is 0 Å². The zero-order chi connectivity index (χ0) is 15.1. The number of hydrogen-bond acceptors (Lipinski definition) is 2. The molecular formula is C18H31NS. The fourth-order valence-electron chi connectivity index (χ4n) is 2.14. The smallest absolute Gasteiger partial charge is 0.0409 e. The maximum Gasteiger partial charge on any atom is 0.0409 e. The summed E-state index contributed by atoms with van der Waals surface area (Å²) in [6, 6.07) is 9.61. The van der Waals surface area contributed by atoms with Crippen LogP contribution in [0.3, 0.4) is 0 Å². The number of rotatable bonds is 8. The number of hydrogen-bond donors (Lipinski definition) is 1. The van der Waals surface area contributed by atoms with Crippen molar-refractivity contribution >= 4 is 11.8 Å². The summed E-state index contributed by atoms with van der Waals surface area (Å²) in [7, 11) is 2.06. The second-order valence-electron chi connectivity index (χ2n) is 6.46. The molecule has 2 atom stereocenters. The van der Waals surface area contributed by atoms with E-state index in [9.17, 15) is 0 Å². The van der Waals surface area contributed by atoms with Gasteiger partial charge in [0, 0.05) is 17.0 Å². The molecule has 0 amide bonds. The Morgan fingerprint density at radius 1 is 1.00 bits per heavy atom. The molecule has 1 rings (SSSR count). The van der Waals surface area contributed by atoms with E-state index in [1.165, 1.54) is 17.5 Å². The average molecular weight is 294 g/mol. The van der Waals surface area contributed by atoms with Gasteiger partial charge in [-0.15, -0.1) is 0 Å². The summed E-state index contributed by atoms with van der Waals surface area (Å²) in [5, 5.41) is 4.17. The predicted molar refractivity (Wildman–Crippen MR) is 93.5 cm³/mol. The molecule has 1 N–H and O–H groups in total. The second kappa shape index (κ2) is 8.74. The molecule has 0 saturated carbocycles. The van der Waals surface area contributed by atoms with Crippen LogP contribution in [-0.4, -0.2) is 18.1 Å². The summed E-state index contributed by atoms with van der Waals surface area (Å²) in [4.78, 5) is 0. The molecule has 0 radical (unpaired) electrons. The highest BCUT2D eigenvalue weighted by Crippen LogP contribution is 2.25. The molecule has 0 spiro atoms. The minimum Gasteiger partial charge on any atom is -0.312 e. The molecule has 0 fully saturated rings. The van der Waals surface area contributed by atoms with Crippen molar-refractivity contribution in [2.24, 2.45) is 11.8 Å². The lowest BCUT2D eigenvalue weighted by molar-refractivity contribution is 0.628. The van der Waals surface area contributed by atoms with Gasteiger partial charge in [0.25, 0.3) is 0 Å². The monoisotopic (exact) mass is 293 g/mol. The number of thioether (sulfide) groups is 1. The van der Waals surface area contributed by atoms with Crippen molar-refractivity contribution < 1.29 is 0 Å². The molecule has 0 heterocycles. The third kappa shape index (κ3) is 5.88. The van der Waals surface area contributed by atoms with Crippen LogP contribution in [0.1, 0.15) is 51.8 Å². The van der Waals surface area contributed by atoms with Crippen molar-refractivity contribution in [3.05, 3.63) is 35.4 Å². The molecule has 114 valence electrons. The topological polar surface area (TPSA) is 12.0 Å². The van der Waals surface area contributed by atoms with Crippen molar-refractivity contribution in [3.8, 4) is 0 Å². The van der Waals surface area contributed by atoms with Crippen LogP contribution in [0.4, 0.5) is 0 Å². The van der Waals surface area contributed by atoms with Crippen LogP contribution in [0.15, 0.2) is 24.3 Å². The van der Waals surface area contributed by atoms with Gasteiger partial charge in [-0.1, -0.05) is 58.9 Å². The van der Waals surface area contributed by atoms with Crippen LogP contribution in [0.25, 0.3) is 0 Å². The molecule has 0 aliphatic carbocycles. The van der Waals surface area contributed by atoms with E-state index in [1.54, 1.807) is 0 Å². The van der Waals surface area contributed by atoms with E-state index in [2.05, 4.69) is 83.0 Å². The van der Waals surface area contributed by atoms with E-state index < -0.39 is 0 Å². The Morgan fingerprint density at radius 2 is 1.60 bits per heavy atom. The standard InChI is InChI=1S/C18H31NS/c1-13(2)11-16-7-9-17(10-8-16)18(19-6)12-20-15(5)14(3)4/h7-10,13-15,18-19H,11-12H2,1-6H3. The summed E-state index contributed by atoms with van der Waals surface area (Å²) in [5.41, 5.74) is 2.85. The van der Waals surface area contributed by atoms with Crippen molar-refractivity contribution in [2.75, 3.05) is 12.8 Å². The summed E-state index contributed by atoms with van der Waals surface area (Å²) < 4.78 is 0. The quantitative estimate of drug-likeness (QED) is 0.730. The Bertz CT molecular complexity index is 370. The summed E-state index contributed by atoms with van der Waals surface area (Å²) >= 11 is 2.06. The minimum atomic E-state index is 0.453. The molecule has 0 aliphatic heterocycles. The molecule has 1 aromatic rings. The van der Waals surface area contributed by atoms with Crippen LogP contribution in [-0.2, 0) is 6.42 Å². The van der Waals surface area contributed by atoms with Gasteiger partial charge in [0.1, 0.15) is 0 Å². The van der Waals surface area contributed by atoms with Crippen molar-refractivity contribution in [3.63, 3.8) is 0 Å². The fraction of sp³-hybridized carbons (Fsp3) is 0.667. The molecule has 20 heavy (non-hydrogen) atoms. The van der Waals surface area contributed by atoms with Crippen LogP contribution in [0.5, 0.6) is 0 Å². The Hall–Kier alpha value is -0.470. The fourth-order valence-corrected chi connectivity index (χ4v) is 3.38. The van der Waals surface area contributed by atoms with Crippen LogP contribution >= 0.6 is 11.8 Å². The third-order valence-corrected chi connectivity index (χ3v) is 5.44. The zero-order valence-electron chi connectivity index (χ0n) is 13.9. The lowest BCUT2D eigenvalue weighted by Gasteiger charge is -2.21. The number of nitrogens with one attached hydrogen (secondary N) is 1. The van der Waals surface area contributed by atoms with E-state index >= 15 is 0 Å². The van der Waals surface area contributed by atoms with E-state index in [0.29, 0.717) is 11.3 Å². The predicted octanol–water partition coefficient (Wildman–Crippen LogP) is 4.92. The first-order valence-corrected chi connectivity index (χ1v) is 8.86. The molecule has 2 unspecified atom stereocenters. The Morgan fingerprint density at radius 3 is 2.05 bits per heavy atom. The number of benzene rings is 1. The lowest BCUT2D eigenvalue weighted by atomic mass is 10.00. The van der Waals surface area contributed by atoms with Crippen LogP contribution in [0, 0.1) is 11.8 Å². The lowest BCUT2D eigenvalue weighted by Crippen LogP contribution is -2.20. The van der Waals surface area contributed by atoms with E-state index in [-0.39, 0.29) is 0 Å². The van der Waals surface area contributed by atoms with Gasteiger partial charge in [-0.3, -0.25) is 0 Å². The average Bonchev–Trinajstić information content (AvgIpc) is 2.40. The third-order valence-electron chi connectivity index (χ3n) is 3.84. The van der Waals surface area contributed by atoms with Gasteiger partial charge in [0.15, 0.2) is 0 Å². The first-order chi connectivity index (χ1) is 9.43. The van der Waals surface area contributed by atoms with Crippen LogP contribution < -0.4 is 5.32 Å². The molecular weight excluding hydrogens is 262 g/mol. The summed E-state index contributed by atoms with van der Waals surface area (Å²) in [6.45, 7) is 11.5. The van der Waals surface area contributed by atoms with Crippen molar-refractivity contribution in [1.82, 2.24) is 5.32 Å². The van der Waals surface area contributed by atoms with E-state index in [4.69, 9.17) is 0 Å². The summed E-state index contributed by atoms with van der Waals surface area (Å²) in [6.07, 6.45) is 1.17. The Balaban J connectivity index is 2.61. The first kappa shape index (κ1) is 17.6. The highest BCUT2D eigenvalue weighted by molar-refractivity contribution is 7.99.